The predicted octanol–water partition coefficient (Wildman–Crippen LogP) is 4.32. The van der Waals surface area contributed by atoms with Crippen molar-refractivity contribution >= 4 is 17.3 Å². The third kappa shape index (κ3) is 3.75. The first kappa shape index (κ1) is 21.5. The number of aliphatic hydroxyl groups excluding tert-OH is 1. The second-order valence-corrected chi connectivity index (χ2v) is 8.53. The fourth-order valence-corrected chi connectivity index (χ4v) is 5.18. The number of hydrogen-bond acceptors (Lipinski definition) is 3. The number of thiocarbonyl (C=S) groups is 1. The molecule has 3 heterocycles. The normalized spacial score (nSPS) is 18.5. The van der Waals surface area contributed by atoms with Crippen LogP contribution in [0.25, 0.3) is 5.69 Å². The van der Waals surface area contributed by atoms with E-state index in [0.29, 0.717) is 11.7 Å². The van der Waals surface area contributed by atoms with Crippen LogP contribution >= 0.6 is 12.2 Å². The van der Waals surface area contributed by atoms with Crippen molar-refractivity contribution in [2.75, 3.05) is 13.2 Å². The topological polar surface area (TPSA) is 53.3 Å². The lowest BCUT2D eigenvalue weighted by Gasteiger charge is -2.27. The maximum atomic E-state index is 9.73. The molecule has 1 fully saturated rings. The second-order valence-electron chi connectivity index (χ2n) is 8.14. The van der Waals surface area contributed by atoms with Gasteiger partial charge in [0.05, 0.1) is 30.1 Å². The van der Waals surface area contributed by atoms with Gasteiger partial charge in [-0.3, -0.25) is 4.98 Å². The largest absolute Gasteiger partial charge is 0.395 e. The zero-order chi connectivity index (χ0) is 22.1. The molecule has 0 saturated carbocycles. The SMILES string of the molecule is CCc1cccc(C)c1-n1c(C)cc([C@H]2[C@@H](c3ccccn3)NC(=S)N2CCO)c1C. The van der Waals surface area contributed by atoms with Gasteiger partial charge in [-0.05, 0) is 74.3 Å². The van der Waals surface area contributed by atoms with Crippen molar-refractivity contribution in [3.05, 3.63) is 82.4 Å². The number of hydrogen-bond donors (Lipinski definition) is 2. The van der Waals surface area contributed by atoms with Crippen LogP contribution in [0.2, 0.25) is 0 Å². The van der Waals surface area contributed by atoms with Crippen molar-refractivity contribution in [3.63, 3.8) is 0 Å². The molecular formula is C25H30N4OS. The summed E-state index contributed by atoms with van der Waals surface area (Å²) in [6, 6.07) is 14.6. The lowest BCUT2D eigenvalue weighted by Crippen LogP contribution is -2.32. The Bertz CT molecular complexity index is 1090. The Morgan fingerprint density at radius 2 is 1.94 bits per heavy atom. The Hall–Kier alpha value is -2.70. The van der Waals surface area contributed by atoms with Crippen molar-refractivity contribution in [2.45, 2.75) is 46.2 Å². The molecule has 0 unspecified atom stereocenters. The van der Waals surface area contributed by atoms with Crippen LogP contribution < -0.4 is 5.32 Å². The number of pyridine rings is 1. The van der Waals surface area contributed by atoms with Crippen LogP contribution in [0.4, 0.5) is 0 Å². The van der Waals surface area contributed by atoms with Gasteiger partial charge >= 0.3 is 0 Å². The third-order valence-corrected chi connectivity index (χ3v) is 6.61. The number of aromatic nitrogens is 2. The minimum absolute atomic E-state index is 0.0383. The van der Waals surface area contributed by atoms with Crippen molar-refractivity contribution < 1.29 is 5.11 Å². The molecule has 162 valence electrons. The summed E-state index contributed by atoms with van der Waals surface area (Å²) >= 11 is 5.67. The minimum atomic E-state index is -0.0725. The number of aliphatic hydroxyl groups is 1. The number of nitrogens with zero attached hydrogens (tertiary/aromatic N) is 3. The first-order valence-electron chi connectivity index (χ1n) is 10.8. The maximum Gasteiger partial charge on any atom is 0.170 e. The quantitative estimate of drug-likeness (QED) is 0.566. The van der Waals surface area contributed by atoms with Crippen LogP contribution in [0.3, 0.4) is 0 Å². The summed E-state index contributed by atoms with van der Waals surface area (Å²) in [7, 11) is 0. The Morgan fingerprint density at radius 1 is 1.13 bits per heavy atom. The number of rotatable bonds is 6. The van der Waals surface area contributed by atoms with E-state index in [2.05, 4.69) is 71.7 Å². The van der Waals surface area contributed by atoms with Crippen molar-refractivity contribution in [2.24, 2.45) is 0 Å². The molecule has 0 spiro atoms. The van der Waals surface area contributed by atoms with Gasteiger partial charge in [-0.25, -0.2) is 0 Å². The maximum absolute atomic E-state index is 9.73. The van der Waals surface area contributed by atoms with Gasteiger partial charge in [-0.1, -0.05) is 31.2 Å². The lowest BCUT2D eigenvalue weighted by atomic mass is 9.96. The zero-order valence-electron chi connectivity index (χ0n) is 18.6. The van der Waals surface area contributed by atoms with Crippen LogP contribution in [0.1, 0.15) is 52.8 Å². The van der Waals surface area contributed by atoms with Gasteiger partial charge in [0, 0.05) is 24.1 Å². The number of nitrogens with one attached hydrogen (secondary N) is 1. The molecule has 31 heavy (non-hydrogen) atoms. The molecule has 6 heteroatoms. The van der Waals surface area contributed by atoms with Crippen LogP contribution in [0.15, 0.2) is 48.7 Å². The van der Waals surface area contributed by atoms with E-state index < -0.39 is 0 Å². The standard InChI is InChI=1S/C25H30N4OS/c1-5-19-10-8-9-16(2)23(19)29-17(3)15-20(18(29)4)24-22(21-11-6-7-12-26-21)27-25(31)28(24)13-14-30/h6-12,15,22,24,30H,5,13-14H2,1-4H3,(H,27,31)/t22-,24+/m1/s1. The third-order valence-electron chi connectivity index (χ3n) is 6.25. The summed E-state index contributed by atoms with van der Waals surface area (Å²) in [6.07, 6.45) is 2.79. The summed E-state index contributed by atoms with van der Waals surface area (Å²) in [5.74, 6) is 0. The van der Waals surface area contributed by atoms with Crippen LogP contribution in [-0.2, 0) is 6.42 Å². The van der Waals surface area contributed by atoms with E-state index >= 15 is 0 Å². The first-order valence-corrected chi connectivity index (χ1v) is 11.2. The molecular weight excluding hydrogens is 404 g/mol. The minimum Gasteiger partial charge on any atom is -0.395 e. The van der Waals surface area contributed by atoms with Crippen LogP contribution in [0.5, 0.6) is 0 Å². The highest BCUT2D eigenvalue weighted by molar-refractivity contribution is 7.80. The molecule has 1 aliphatic rings. The molecule has 0 aliphatic carbocycles. The molecule has 2 N–H and O–H groups in total. The second kappa shape index (κ2) is 8.81. The Kier molecular flexibility index (Phi) is 6.12. The van der Waals surface area contributed by atoms with E-state index in [4.69, 9.17) is 12.2 Å². The molecule has 0 amide bonds. The van der Waals surface area contributed by atoms with Gasteiger partial charge in [-0.15, -0.1) is 0 Å². The van der Waals surface area contributed by atoms with Crippen molar-refractivity contribution in [1.82, 2.24) is 19.8 Å². The first-order chi connectivity index (χ1) is 15.0. The number of β-amino-alcohol motifs (C(OH)–C–C–N with tert-alkyl or cyclic N) is 1. The molecule has 2 aromatic heterocycles. The highest BCUT2D eigenvalue weighted by atomic mass is 32.1. The molecule has 2 atom stereocenters. The monoisotopic (exact) mass is 434 g/mol. The molecule has 4 rings (SSSR count). The molecule has 3 aromatic rings. The van der Waals surface area contributed by atoms with Gasteiger partial charge < -0.3 is 19.9 Å². The molecule has 1 saturated heterocycles. The van der Waals surface area contributed by atoms with E-state index in [1.807, 2.05) is 24.4 Å². The van der Waals surface area contributed by atoms with E-state index in [1.54, 1.807) is 0 Å². The average Bonchev–Trinajstić information content (AvgIpc) is 3.24. The Morgan fingerprint density at radius 3 is 2.61 bits per heavy atom. The van der Waals surface area contributed by atoms with E-state index in [1.165, 1.54) is 33.8 Å². The summed E-state index contributed by atoms with van der Waals surface area (Å²) in [5, 5.41) is 13.8. The number of aryl methyl sites for hydroxylation is 3. The summed E-state index contributed by atoms with van der Waals surface area (Å²) in [4.78, 5) is 6.70. The molecule has 0 radical (unpaired) electrons. The fourth-order valence-electron chi connectivity index (χ4n) is 4.85. The number of para-hydroxylation sites is 1. The van der Waals surface area contributed by atoms with Gasteiger partial charge in [0.25, 0.3) is 0 Å². The molecule has 1 aromatic carbocycles. The fraction of sp³-hybridized carbons (Fsp3) is 0.360. The van der Waals surface area contributed by atoms with E-state index in [9.17, 15) is 5.11 Å². The summed E-state index contributed by atoms with van der Waals surface area (Å²) < 4.78 is 2.37. The highest BCUT2D eigenvalue weighted by Gasteiger charge is 2.41. The van der Waals surface area contributed by atoms with Crippen molar-refractivity contribution in [1.29, 1.82) is 0 Å². The van der Waals surface area contributed by atoms with Gasteiger partial charge in [0.2, 0.25) is 0 Å². The van der Waals surface area contributed by atoms with Crippen LogP contribution in [-0.4, -0.2) is 37.8 Å². The van der Waals surface area contributed by atoms with Gasteiger partial charge in [0.1, 0.15) is 0 Å². The molecule has 0 bridgehead atoms. The predicted molar refractivity (Wildman–Crippen MR) is 129 cm³/mol. The average molecular weight is 435 g/mol. The van der Waals surface area contributed by atoms with Crippen molar-refractivity contribution in [3.8, 4) is 5.69 Å². The van der Waals surface area contributed by atoms with Gasteiger partial charge in [0.15, 0.2) is 5.11 Å². The Balaban J connectivity index is 1.88. The van der Waals surface area contributed by atoms with Crippen LogP contribution in [0, 0.1) is 20.8 Å². The molecule has 5 nitrogen and oxygen atoms in total. The Labute approximate surface area is 189 Å². The summed E-state index contributed by atoms with van der Waals surface area (Å²) in [5.41, 5.74) is 8.41. The van der Waals surface area contributed by atoms with Gasteiger partial charge in [-0.2, -0.15) is 0 Å². The highest BCUT2D eigenvalue weighted by Crippen LogP contribution is 2.41. The zero-order valence-corrected chi connectivity index (χ0v) is 19.4. The number of benzene rings is 1. The van der Waals surface area contributed by atoms with E-state index in [-0.39, 0.29) is 18.7 Å². The van der Waals surface area contributed by atoms with E-state index in [0.717, 1.165) is 12.1 Å². The smallest absolute Gasteiger partial charge is 0.170 e. The summed E-state index contributed by atoms with van der Waals surface area (Å²) in [6.45, 7) is 9.25. The molecule has 1 aliphatic heterocycles. The lowest BCUT2D eigenvalue weighted by molar-refractivity contribution is 0.223.